The highest BCUT2D eigenvalue weighted by atomic mass is 16.7. The fourth-order valence-corrected chi connectivity index (χ4v) is 2.34. The van der Waals surface area contributed by atoms with Crippen LogP contribution in [0.4, 0.5) is 0 Å². The lowest BCUT2D eigenvalue weighted by Gasteiger charge is -2.29. The van der Waals surface area contributed by atoms with Crippen molar-refractivity contribution in [3.05, 3.63) is 0 Å². The van der Waals surface area contributed by atoms with Gasteiger partial charge in [0, 0.05) is 21.1 Å². The van der Waals surface area contributed by atoms with E-state index in [4.69, 9.17) is 18.9 Å². The quantitative estimate of drug-likeness (QED) is 0.473. The molecule has 1 aliphatic heterocycles. The number of likely N-dealkylation sites (tertiary alicyclic amines) is 1. The molecule has 1 amide bonds. The first-order chi connectivity index (χ1) is 8.70. The van der Waals surface area contributed by atoms with E-state index < -0.39 is 0 Å². The van der Waals surface area contributed by atoms with Crippen LogP contribution in [0.25, 0.3) is 0 Å². The number of ether oxygens (including phenoxy) is 4. The predicted octanol–water partition coefficient (Wildman–Crippen LogP) is 0.607. The van der Waals surface area contributed by atoms with Crippen molar-refractivity contribution in [1.29, 1.82) is 0 Å². The van der Waals surface area contributed by atoms with E-state index in [-0.39, 0.29) is 31.6 Å². The smallest absolute Gasteiger partial charge is 0.220 e. The molecule has 0 N–H and O–H groups in total. The number of methoxy groups -OCH3 is 2. The summed E-state index contributed by atoms with van der Waals surface area (Å²) in [6, 6.07) is 0.239. The van der Waals surface area contributed by atoms with E-state index in [0.717, 1.165) is 12.8 Å². The van der Waals surface area contributed by atoms with Gasteiger partial charge in [-0.2, -0.15) is 0 Å². The van der Waals surface area contributed by atoms with Crippen LogP contribution in [0.2, 0.25) is 0 Å². The van der Waals surface area contributed by atoms with Gasteiger partial charge in [0.05, 0.1) is 25.3 Å². The highest BCUT2D eigenvalue weighted by Gasteiger charge is 2.35. The third-order valence-corrected chi connectivity index (χ3v) is 3.01. The van der Waals surface area contributed by atoms with Crippen molar-refractivity contribution in [1.82, 2.24) is 4.90 Å². The maximum absolute atomic E-state index is 11.7. The zero-order valence-corrected chi connectivity index (χ0v) is 11.4. The number of hydrogen-bond acceptors (Lipinski definition) is 5. The molecule has 1 unspecified atom stereocenters. The normalized spacial score (nSPS) is 23.6. The van der Waals surface area contributed by atoms with Gasteiger partial charge in [0.25, 0.3) is 0 Å². The molecule has 18 heavy (non-hydrogen) atoms. The Bertz CT molecular complexity index is 231. The number of hydrogen-bond donors (Lipinski definition) is 0. The maximum atomic E-state index is 11.7. The van der Waals surface area contributed by atoms with Gasteiger partial charge in [0.1, 0.15) is 13.6 Å². The molecule has 0 aliphatic carbocycles. The standard InChI is InChI=1S/C12H23NO5/c1-10(14)13-11(6-17-8-15-2)4-5-12(13)7-18-9-16-3/h11-12H,4-9H2,1-3H3/t11-,12?/m0/s1. The van der Waals surface area contributed by atoms with Gasteiger partial charge in [-0.3, -0.25) is 4.79 Å². The fourth-order valence-electron chi connectivity index (χ4n) is 2.34. The highest BCUT2D eigenvalue weighted by Crippen LogP contribution is 2.24. The van der Waals surface area contributed by atoms with Gasteiger partial charge in [-0.15, -0.1) is 0 Å². The summed E-state index contributed by atoms with van der Waals surface area (Å²) in [6.07, 6.45) is 1.87. The number of rotatable bonds is 8. The molecule has 1 heterocycles. The third kappa shape index (κ3) is 4.53. The number of nitrogens with zero attached hydrogens (tertiary/aromatic N) is 1. The van der Waals surface area contributed by atoms with E-state index in [9.17, 15) is 4.79 Å². The van der Waals surface area contributed by atoms with Crippen LogP contribution in [0.1, 0.15) is 19.8 Å². The molecule has 0 aromatic rings. The summed E-state index contributed by atoms with van der Waals surface area (Å²) in [5, 5.41) is 0. The van der Waals surface area contributed by atoms with Crippen LogP contribution in [-0.4, -0.2) is 63.9 Å². The first-order valence-corrected chi connectivity index (χ1v) is 6.13. The van der Waals surface area contributed by atoms with Gasteiger partial charge >= 0.3 is 0 Å². The van der Waals surface area contributed by atoms with E-state index in [1.165, 1.54) is 0 Å². The minimum atomic E-state index is 0.0598. The molecule has 1 fully saturated rings. The predicted molar refractivity (Wildman–Crippen MR) is 65.0 cm³/mol. The van der Waals surface area contributed by atoms with Crippen molar-refractivity contribution in [2.45, 2.75) is 31.8 Å². The minimum absolute atomic E-state index is 0.0598. The Morgan fingerprint density at radius 1 is 1.06 bits per heavy atom. The summed E-state index contributed by atoms with van der Waals surface area (Å²) >= 11 is 0. The van der Waals surface area contributed by atoms with Crippen LogP contribution >= 0.6 is 0 Å². The average Bonchev–Trinajstić information content (AvgIpc) is 2.73. The Labute approximate surface area is 108 Å². The van der Waals surface area contributed by atoms with Crippen LogP contribution in [-0.2, 0) is 23.7 Å². The summed E-state index contributed by atoms with van der Waals surface area (Å²) in [4.78, 5) is 13.5. The Kier molecular flexibility index (Phi) is 7.19. The molecule has 1 aliphatic rings. The third-order valence-electron chi connectivity index (χ3n) is 3.01. The van der Waals surface area contributed by atoms with Crippen molar-refractivity contribution in [3.63, 3.8) is 0 Å². The van der Waals surface area contributed by atoms with Gasteiger partial charge in [0.2, 0.25) is 5.91 Å². The SMILES string of the molecule is COCOCC1CC[C@@H](COCOC)N1C(C)=O. The largest absolute Gasteiger partial charge is 0.359 e. The van der Waals surface area contributed by atoms with Crippen LogP contribution in [0.3, 0.4) is 0 Å². The van der Waals surface area contributed by atoms with Crippen LogP contribution in [0.15, 0.2) is 0 Å². The van der Waals surface area contributed by atoms with E-state index in [1.807, 2.05) is 4.90 Å². The summed E-state index contributed by atoms with van der Waals surface area (Å²) in [5.41, 5.74) is 0. The number of amides is 1. The van der Waals surface area contributed by atoms with E-state index in [2.05, 4.69) is 0 Å². The lowest BCUT2D eigenvalue weighted by Crippen LogP contribution is -2.44. The van der Waals surface area contributed by atoms with Crippen molar-refractivity contribution < 1.29 is 23.7 Å². The molecule has 0 bridgehead atoms. The zero-order valence-electron chi connectivity index (χ0n) is 11.4. The second-order valence-corrected chi connectivity index (χ2v) is 4.37. The number of carbonyl (C=O) groups is 1. The topological polar surface area (TPSA) is 57.2 Å². The van der Waals surface area contributed by atoms with Gasteiger partial charge in [-0.05, 0) is 12.8 Å². The lowest BCUT2D eigenvalue weighted by atomic mass is 10.2. The first-order valence-electron chi connectivity index (χ1n) is 6.13. The summed E-state index contributed by atoms with van der Waals surface area (Å²) < 4.78 is 20.4. The molecule has 0 saturated carbocycles. The van der Waals surface area contributed by atoms with E-state index in [1.54, 1.807) is 21.1 Å². The second kappa shape index (κ2) is 8.42. The van der Waals surface area contributed by atoms with Crippen molar-refractivity contribution in [2.24, 2.45) is 0 Å². The summed E-state index contributed by atoms with van der Waals surface area (Å²) in [5.74, 6) is 0.0598. The van der Waals surface area contributed by atoms with Crippen LogP contribution < -0.4 is 0 Å². The molecular weight excluding hydrogens is 238 g/mol. The van der Waals surface area contributed by atoms with Gasteiger partial charge in [-0.1, -0.05) is 0 Å². The molecule has 0 aromatic carbocycles. The minimum Gasteiger partial charge on any atom is -0.359 e. The van der Waals surface area contributed by atoms with Crippen LogP contribution in [0.5, 0.6) is 0 Å². The molecule has 0 radical (unpaired) electrons. The van der Waals surface area contributed by atoms with Gasteiger partial charge in [0.15, 0.2) is 0 Å². The molecular formula is C12H23NO5. The maximum Gasteiger partial charge on any atom is 0.220 e. The molecule has 0 spiro atoms. The highest BCUT2D eigenvalue weighted by molar-refractivity contribution is 5.74. The van der Waals surface area contributed by atoms with Crippen molar-refractivity contribution in [2.75, 3.05) is 41.0 Å². The second-order valence-electron chi connectivity index (χ2n) is 4.37. The molecule has 2 atom stereocenters. The Balaban J connectivity index is 2.42. The average molecular weight is 261 g/mol. The molecule has 1 saturated heterocycles. The summed E-state index contributed by atoms with van der Waals surface area (Å²) in [7, 11) is 3.16. The van der Waals surface area contributed by atoms with E-state index >= 15 is 0 Å². The monoisotopic (exact) mass is 261 g/mol. The molecule has 6 heteroatoms. The summed E-state index contributed by atoms with van der Waals surface area (Å²) in [6.45, 7) is 3.11. The Morgan fingerprint density at radius 3 is 1.83 bits per heavy atom. The molecule has 1 rings (SSSR count). The first kappa shape index (κ1) is 15.4. The molecule has 6 nitrogen and oxygen atoms in total. The zero-order chi connectivity index (χ0) is 13.4. The van der Waals surface area contributed by atoms with Crippen molar-refractivity contribution >= 4 is 5.91 Å². The number of carbonyl (C=O) groups excluding carboxylic acids is 1. The molecule has 0 aromatic heterocycles. The van der Waals surface area contributed by atoms with E-state index in [0.29, 0.717) is 13.2 Å². The van der Waals surface area contributed by atoms with Gasteiger partial charge < -0.3 is 23.8 Å². The lowest BCUT2D eigenvalue weighted by molar-refractivity contribution is -0.137. The molecule has 106 valence electrons. The Morgan fingerprint density at radius 2 is 1.50 bits per heavy atom. The van der Waals surface area contributed by atoms with Gasteiger partial charge in [-0.25, -0.2) is 0 Å². The van der Waals surface area contributed by atoms with Crippen molar-refractivity contribution in [3.8, 4) is 0 Å². The van der Waals surface area contributed by atoms with Crippen LogP contribution in [0, 0.1) is 0 Å². The Hall–Kier alpha value is -0.690. The fraction of sp³-hybridized carbons (Fsp3) is 0.917.